The quantitative estimate of drug-likeness (QED) is 0.608. The number of hydrogen-bond donors (Lipinski definition) is 2. The van der Waals surface area contributed by atoms with Gasteiger partial charge in [0.05, 0.1) is 5.41 Å². The molecular formula is C8H13NO2. The molecule has 2 atom stereocenters. The number of carbonyl (C=O) groups is 1. The van der Waals surface area contributed by atoms with Crippen LogP contribution in [0.3, 0.4) is 0 Å². The number of nitrogens with two attached hydrogens (primary N) is 1. The van der Waals surface area contributed by atoms with E-state index in [9.17, 15) is 4.79 Å². The molecule has 3 N–H and O–H groups in total. The summed E-state index contributed by atoms with van der Waals surface area (Å²) < 4.78 is 0. The van der Waals surface area contributed by atoms with Gasteiger partial charge in [0.1, 0.15) is 0 Å². The maximum Gasteiger partial charge on any atom is 0.310 e. The molecule has 0 saturated heterocycles. The summed E-state index contributed by atoms with van der Waals surface area (Å²) in [6.07, 6.45) is 2.89. The smallest absolute Gasteiger partial charge is 0.310 e. The second-order valence-electron chi connectivity index (χ2n) is 3.95. The van der Waals surface area contributed by atoms with E-state index in [1.54, 1.807) is 0 Å². The van der Waals surface area contributed by atoms with Crippen LogP contribution in [-0.2, 0) is 4.79 Å². The predicted octanol–water partition coefficient (Wildman–Crippen LogP) is 0.446. The second kappa shape index (κ2) is 1.97. The van der Waals surface area contributed by atoms with Gasteiger partial charge in [-0.25, -0.2) is 0 Å². The zero-order chi connectivity index (χ0) is 8.06. The Bertz CT molecular complexity index is 192. The van der Waals surface area contributed by atoms with Crippen molar-refractivity contribution >= 4 is 5.97 Å². The predicted molar refractivity (Wildman–Crippen MR) is 40.0 cm³/mol. The molecule has 0 radical (unpaired) electrons. The van der Waals surface area contributed by atoms with Gasteiger partial charge in [-0.3, -0.25) is 4.79 Å². The molecule has 0 aliphatic heterocycles. The van der Waals surface area contributed by atoms with Crippen LogP contribution in [0.5, 0.6) is 0 Å². The van der Waals surface area contributed by atoms with E-state index < -0.39 is 11.4 Å². The Morgan fingerprint density at radius 3 is 2.36 bits per heavy atom. The molecule has 0 aromatic rings. The maximum atomic E-state index is 10.8. The highest BCUT2D eigenvalue weighted by molar-refractivity contribution is 5.75. The Morgan fingerprint density at radius 1 is 1.55 bits per heavy atom. The summed E-state index contributed by atoms with van der Waals surface area (Å²) in [6, 6.07) is 0. The first-order valence-corrected chi connectivity index (χ1v) is 4.11. The normalized spacial score (nSPS) is 47.0. The highest BCUT2D eigenvalue weighted by atomic mass is 16.4. The molecule has 2 fully saturated rings. The first-order valence-electron chi connectivity index (χ1n) is 4.11. The molecule has 0 amide bonds. The Kier molecular flexibility index (Phi) is 1.27. The molecule has 2 unspecified atom stereocenters. The van der Waals surface area contributed by atoms with E-state index in [1.807, 2.05) is 0 Å². The number of carboxylic acid groups (broad SMARTS) is 1. The summed E-state index contributed by atoms with van der Waals surface area (Å²) in [5.41, 5.74) is 4.92. The van der Waals surface area contributed by atoms with E-state index in [1.165, 1.54) is 6.42 Å². The molecule has 3 heteroatoms. The summed E-state index contributed by atoms with van der Waals surface area (Å²) in [4.78, 5) is 10.8. The first kappa shape index (κ1) is 7.10. The molecule has 2 aliphatic carbocycles. The summed E-state index contributed by atoms with van der Waals surface area (Å²) in [6.45, 7) is 0.315. The lowest BCUT2D eigenvalue weighted by Gasteiger charge is -2.23. The van der Waals surface area contributed by atoms with E-state index in [-0.39, 0.29) is 0 Å². The fourth-order valence-electron chi connectivity index (χ4n) is 2.33. The van der Waals surface area contributed by atoms with Crippen molar-refractivity contribution in [2.75, 3.05) is 6.54 Å². The van der Waals surface area contributed by atoms with Crippen LogP contribution < -0.4 is 5.73 Å². The molecule has 2 saturated carbocycles. The van der Waals surface area contributed by atoms with Gasteiger partial charge < -0.3 is 10.8 Å². The average Bonchev–Trinajstić information content (AvgIpc) is 2.59. The number of rotatable bonds is 2. The minimum Gasteiger partial charge on any atom is -0.481 e. The lowest BCUT2D eigenvalue weighted by atomic mass is 9.83. The monoisotopic (exact) mass is 155 g/mol. The van der Waals surface area contributed by atoms with Gasteiger partial charge in [0, 0.05) is 6.54 Å². The van der Waals surface area contributed by atoms with Crippen molar-refractivity contribution in [2.24, 2.45) is 23.0 Å². The molecule has 0 aromatic heterocycles. The Balaban J connectivity index is 2.13. The SMILES string of the molecule is NCC1(C(=O)O)CC2CC2C1. The lowest BCUT2D eigenvalue weighted by molar-refractivity contribution is -0.148. The Hall–Kier alpha value is -0.570. The van der Waals surface area contributed by atoms with Gasteiger partial charge in [-0.1, -0.05) is 0 Å². The molecule has 2 aliphatic rings. The molecule has 0 aromatic carbocycles. The number of fused-ring (bicyclic) bond motifs is 1. The van der Waals surface area contributed by atoms with Crippen molar-refractivity contribution in [2.45, 2.75) is 19.3 Å². The van der Waals surface area contributed by atoms with E-state index >= 15 is 0 Å². The number of carboxylic acids is 1. The summed E-state index contributed by atoms with van der Waals surface area (Å²) >= 11 is 0. The van der Waals surface area contributed by atoms with Gasteiger partial charge in [0.2, 0.25) is 0 Å². The van der Waals surface area contributed by atoms with E-state index in [0.717, 1.165) is 12.8 Å². The largest absolute Gasteiger partial charge is 0.481 e. The van der Waals surface area contributed by atoms with Crippen LogP contribution in [0.15, 0.2) is 0 Å². The van der Waals surface area contributed by atoms with Crippen molar-refractivity contribution in [3.8, 4) is 0 Å². The van der Waals surface area contributed by atoms with Gasteiger partial charge in [-0.05, 0) is 31.1 Å². The first-order chi connectivity index (χ1) is 5.18. The lowest BCUT2D eigenvalue weighted by Crippen LogP contribution is -2.37. The topological polar surface area (TPSA) is 63.3 Å². The molecule has 11 heavy (non-hydrogen) atoms. The molecule has 2 rings (SSSR count). The molecular weight excluding hydrogens is 142 g/mol. The van der Waals surface area contributed by atoms with Gasteiger partial charge in [0.15, 0.2) is 0 Å². The van der Waals surface area contributed by atoms with Crippen LogP contribution >= 0.6 is 0 Å². The summed E-state index contributed by atoms with van der Waals surface area (Å²) in [7, 11) is 0. The molecule has 0 spiro atoms. The zero-order valence-corrected chi connectivity index (χ0v) is 6.42. The van der Waals surface area contributed by atoms with Crippen molar-refractivity contribution in [1.82, 2.24) is 0 Å². The van der Waals surface area contributed by atoms with Gasteiger partial charge in [0.25, 0.3) is 0 Å². The standard InChI is InChI=1S/C8H13NO2/c9-4-8(7(10)11)2-5-1-6(5)3-8/h5-6H,1-4,9H2,(H,10,11). The third-order valence-electron chi connectivity index (χ3n) is 3.22. The fraction of sp³-hybridized carbons (Fsp3) is 0.875. The summed E-state index contributed by atoms with van der Waals surface area (Å²) in [5.74, 6) is 0.691. The minimum atomic E-state index is -0.688. The minimum absolute atomic E-state index is 0.315. The maximum absolute atomic E-state index is 10.8. The third-order valence-corrected chi connectivity index (χ3v) is 3.22. The third kappa shape index (κ3) is 0.872. The molecule has 0 bridgehead atoms. The second-order valence-corrected chi connectivity index (χ2v) is 3.95. The van der Waals surface area contributed by atoms with E-state index in [2.05, 4.69) is 0 Å². The van der Waals surface area contributed by atoms with Crippen LogP contribution in [0.25, 0.3) is 0 Å². The van der Waals surface area contributed by atoms with E-state index in [0.29, 0.717) is 18.4 Å². The van der Waals surface area contributed by atoms with Gasteiger partial charge in [-0.2, -0.15) is 0 Å². The van der Waals surface area contributed by atoms with Crippen LogP contribution in [0.2, 0.25) is 0 Å². The van der Waals surface area contributed by atoms with E-state index in [4.69, 9.17) is 10.8 Å². The Morgan fingerprint density at radius 2 is 2.09 bits per heavy atom. The van der Waals surface area contributed by atoms with Gasteiger partial charge in [-0.15, -0.1) is 0 Å². The van der Waals surface area contributed by atoms with Crippen LogP contribution in [-0.4, -0.2) is 17.6 Å². The highest BCUT2D eigenvalue weighted by Gasteiger charge is 2.56. The molecule has 0 heterocycles. The fourth-order valence-corrected chi connectivity index (χ4v) is 2.33. The van der Waals surface area contributed by atoms with Crippen LogP contribution in [0.1, 0.15) is 19.3 Å². The number of hydrogen-bond acceptors (Lipinski definition) is 2. The highest BCUT2D eigenvalue weighted by Crippen LogP contribution is 2.59. The van der Waals surface area contributed by atoms with Crippen molar-refractivity contribution < 1.29 is 9.90 Å². The average molecular weight is 155 g/mol. The van der Waals surface area contributed by atoms with Gasteiger partial charge >= 0.3 is 5.97 Å². The van der Waals surface area contributed by atoms with Crippen LogP contribution in [0, 0.1) is 17.3 Å². The molecule has 62 valence electrons. The Labute approximate surface area is 65.6 Å². The summed E-state index contributed by atoms with van der Waals surface area (Å²) in [5, 5.41) is 8.92. The zero-order valence-electron chi connectivity index (χ0n) is 6.42. The van der Waals surface area contributed by atoms with Crippen molar-refractivity contribution in [3.05, 3.63) is 0 Å². The van der Waals surface area contributed by atoms with Crippen molar-refractivity contribution in [3.63, 3.8) is 0 Å². The van der Waals surface area contributed by atoms with Crippen LogP contribution in [0.4, 0.5) is 0 Å². The number of aliphatic carboxylic acids is 1. The van der Waals surface area contributed by atoms with Crippen molar-refractivity contribution in [1.29, 1.82) is 0 Å². The molecule has 3 nitrogen and oxygen atoms in total.